The van der Waals surface area contributed by atoms with E-state index in [1.807, 2.05) is 0 Å². The van der Waals surface area contributed by atoms with Crippen LogP contribution >= 0.6 is 0 Å². The van der Waals surface area contributed by atoms with Gasteiger partial charge in [-0.1, -0.05) is 0 Å². The van der Waals surface area contributed by atoms with Gasteiger partial charge in [-0.15, -0.1) is 0 Å². The van der Waals surface area contributed by atoms with Gasteiger partial charge in [0.25, 0.3) is 0 Å². The highest BCUT2D eigenvalue weighted by Crippen LogP contribution is 2.20. The first-order chi connectivity index (χ1) is 9.98. The fourth-order valence-electron chi connectivity index (χ4n) is 2.22. The summed E-state index contributed by atoms with van der Waals surface area (Å²) < 4.78 is 32.9. The summed E-state index contributed by atoms with van der Waals surface area (Å²) in [5, 5.41) is 3.21. The van der Waals surface area contributed by atoms with E-state index >= 15 is 0 Å². The predicted octanol–water partition coefficient (Wildman–Crippen LogP) is 1.23. The first-order valence-electron chi connectivity index (χ1n) is 6.75. The fraction of sp³-hybridized carbons (Fsp3) is 0.500. The monoisotopic (exact) mass is 313 g/mol. The maximum Gasteiger partial charge on any atom is 0.343 e. The van der Waals surface area contributed by atoms with Gasteiger partial charge >= 0.3 is 5.97 Å². The lowest BCUT2D eigenvalue weighted by molar-refractivity contribution is -0.142. The molecule has 1 saturated heterocycles. The summed E-state index contributed by atoms with van der Waals surface area (Å²) >= 11 is 0. The van der Waals surface area contributed by atoms with Crippen LogP contribution in [0.4, 0.5) is 5.69 Å². The van der Waals surface area contributed by atoms with Gasteiger partial charge in [-0.2, -0.15) is 0 Å². The Kier molecular flexibility index (Phi) is 5.06. The Bertz CT molecular complexity index is 582. The lowest BCUT2D eigenvalue weighted by Crippen LogP contribution is -2.34. The van der Waals surface area contributed by atoms with Crippen LogP contribution in [0.1, 0.15) is 12.8 Å². The molecule has 1 aromatic carbocycles. The van der Waals surface area contributed by atoms with Crippen LogP contribution in [0.25, 0.3) is 0 Å². The van der Waals surface area contributed by atoms with E-state index in [0.29, 0.717) is 12.2 Å². The molecule has 6 nitrogen and oxygen atoms in total. The third kappa shape index (κ3) is 4.93. The molecule has 21 heavy (non-hydrogen) atoms. The highest BCUT2D eigenvalue weighted by Gasteiger charge is 2.24. The van der Waals surface area contributed by atoms with Gasteiger partial charge in [0.1, 0.15) is 5.75 Å². The number of rotatable bonds is 5. The van der Waals surface area contributed by atoms with Crippen LogP contribution < -0.4 is 10.1 Å². The molecule has 0 aliphatic carbocycles. The predicted molar refractivity (Wildman–Crippen MR) is 79.3 cm³/mol. The molecule has 2 rings (SSSR count). The Labute approximate surface area is 124 Å². The number of sulfone groups is 1. The van der Waals surface area contributed by atoms with Crippen LogP contribution in [0.15, 0.2) is 24.3 Å². The van der Waals surface area contributed by atoms with Gasteiger partial charge in [0.05, 0.1) is 18.6 Å². The maximum atomic E-state index is 11.6. The second-order valence-corrected chi connectivity index (χ2v) is 7.22. The number of benzene rings is 1. The second kappa shape index (κ2) is 6.80. The average Bonchev–Trinajstić information content (AvgIpc) is 2.45. The summed E-state index contributed by atoms with van der Waals surface area (Å²) in [5.41, 5.74) is 0.836. The molecular formula is C14H19NO5S. The van der Waals surface area contributed by atoms with E-state index in [4.69, 9.17) is 4.74 Å². The zero-order chi connectivity index (χ0) is 15.3. The lowest BCUT2D eigenvalue weighted by atomic mass is 10.1. The molecule has 0 amide bonds. The molecule has 0 spiro atoms. The normalized spacial score (nSPS) is 20.5. The van der Waals surface area contributed by atoms with Gasteiger partial charge < -0.3 is 14.8 Å². The van der Waals surface area contributed by atoms with Crippen LogP contribution in [0, 0.1) is 0 Å². The number of nitrogens with one attached hydrogen (secondary N) is 1. The first-order valence-corrected chi connectivity index (χ1v) is 8.57. The van der Waals surface area contributed by atoms with Gasteiger partial charge in [0, 0.05) is 11.7 Å². The summed E-state index contributed by atoms with van der Waals surface area (Å²) in [4.78, 5) is 11.0. The molecular weight excluding hydrogens is 294 g/mol. The zero-order valence-corrected chi connectivity index (χ0v) is 12.7. The Morgan fingerprint density at radius 1 is 1.33 bits per heavy atom. The molecule has 1 N–H and O–H groups in total. The molecule has 1 atom stereocenters. The summed E-state index contributed by atoms with van der Waals surface area (Å²) in [5.74, 6) is 0.575. The maximum absolute atomic E-state index is 11.6. The molecule has 7 heteroatoms. The lowest BCUT2D eigenvalue weighted by Gasteiger charge is -2.24. The molecule has 1 fully saturated rings. The van der Waals surface area contributed by atoms with Crippen molar-refractivity contribution in [2.45, 2.75) is 18.9 Å². The Morgan fingerprint density at radius 3 is 2.67 bits per heavy atom. The van der Waals surface area contributed by atoms with E-state index in [1.54, 1.807) is 24.3 Å². The highest BCUT2D eigenvalue weighted by atomic mass is 32.2. The molecule has 1 aliphatic heterocycles. The van der Waals surface area contributed by atoms with E-state index in [2.05, 4.69) is 10.1 Å². The minimum Gasteiger partial charge on any atom is -0.482 e. The topological polar surface area (TPSA) is 81.7 Å². The van der Waals surface area contributed by atoms with Crippen molar-refractivity contribution in [2.75, 3.05) is 30.5 Å². The highest BCUT2D eigenvalue weighted by molar-refractivity contribution is 7.91. The van der Waals surface area contributed by atoms with Crippen molar-refractivity contribution in [1.82, 2.24) is 0 Å². The summed E-state index contributed by atoms with van der Waals surface area (Å²) in [6.45, 7) is -0.135. The van der Waals surface area contributed by atoms with Crippen LogP contribution in [0.3, 0.4) is 0 Å². The van der Waals surface area contributed by atoms with Crippen molar-refractivity contribution in [2.24, 2.45) is 0 Å². The standard InChI is InChI=1S/C14H19NO5S/c1-19-14(16)9-20-13-6-4-11(5-7-13)15-12-3-2-8-21(17,18)10-12/h4-7,12,15H,2-3,8-10H2,1H3. The van der Waals surface area contributed by atoms with Crippen molar-refractivity contribution in [3.05, 3.63) is 24.3 Å². The van der Waals surface area contributed by atoms with Crippen LogP contribution in [-0.4, -0.2) is 45.7 Å². The van der Waals surface area contributed by atoms with Crippen molar-refractivity contribution in [3.63, 3.8) is 0 Å². The Balaban J connectivity index is 1.89. The smallest absolute Gasteiger partial charge is 0.343 e. The van der Waals surface area contributed by atoms with Gasteiger partial charge in [0.15, 0.2) is 16.4 Å². The fourth-order valence-corrected chi connectivity index (χ4v) is 3.86. The second-order valence-electron chi connectivity index (χ2n) is 4.99. The number of carbonyl (C=O) groups excluding carboxylic acids is 1. The molecule has 1 heterocycles. The molecule has 0 aromatic heterocycles. The Morgan fingerprint density at radius 2 is 2.05 bits per heavy atom. The summed E-state index contributed by atoms with van der Waals surface area (Å²) in [6, 6.07) is 7.00. The number of carbonyl (C=O) groups is 1. The quantitative estimate of drug-likeness (QED) is 0.823. The van der Waals surface area contributed by atoms with E-state index < -0.39 is 15.8 Å². The van der Waals surface area contributed by atoms with Crippen LogP contribution in [-0.2, 0) is 19.4 Å². The number of anilines is 1. The average molecular weight is 313 g/mol. The minimum atomic E-state index is -2.92. The molecule has 1 unspecified atom stereocenters. The molecule has 0 saturated carbocycles. The van der Waals surface area contributed by atoms with Crippen molar-refractivity contribution >= 4 is 21.5 Å². The molecule has 0 bridgehead atoms. The van der Waals surface area contributed by atoms with E-state index in [-0.39, 0.29) is 24.2 Å². The first kappa shape index (κ1) is 15.6. The van der Waals surface area contributed by atoms with E-state index in [0.717, 1.165) is 12.1 Å². The van der Waals surface area contributed by atoms with Crippen molar-refractivity contribution in [3.8, 4) is 5.75 Å². The van der Waals surface area contributed by atoms with Gasteiger partial charge in [-0.05, 0) is 37.1 Å². The molecule has 116 valence electrons. The largest absolute Gasteiger partial charge is 0.482 e. The van der Waals surface area contributed by atoms with Crippen molar-refractivity contribution in [1.29, 1.82) is 0 Å². The molecule has 1 aliphatic rings. The number of methoxy groups -OCH3 is 1. The zero-order valence-electron chi connectivity index (χ0n) is 11.9. The van der Waals surface area contributed by atoms with E-state index in [1.165, 1.54) is 7.11 Å². The number of hydrogen-bond donors (Lipinski definition) is 1. The third-order valence-electron chi connectivity index (χ3n) is 3.27. The number of hydrogen-bond acceptors (Lipinski definition) is 6. The van der Waals surface area contributed by atoms with E-state index in [9.17, 15) is 13.2 Å². The minimum absolute atomic E-state index is 0.0504. The number of esters is 1. The third-order valence-corrected chi connectivity index (χ3v) is 5.09. The van der Waals surface area contributed by atoms with Crippen LogP contribution in [0.2, 0.25) is 0 Å². The van der Waals surface area contributed by atoms with Gasteiger partial charge in [-0.3, -0.25) is 0 Å². The van der Waals surface area contributed by atoms with Gasteiger partial charge in [-0.25, -0.2) is 13.2 Å². The molecule has 1 aromatic rings. The molecule has 0 radical (unpaired) electrons. The Hall–Kier alpha value is -1.76. The van der Waals surface area contributed by atoms with Gasteiger partial charge in [0.2, 0.25) is 0 Å². The van der Waals surface area contributed by atoms with Crippen LogP contribution in [0.5, 0.6) is 5.75 Å². The summed E-state index contributed by atoms with van der Waals surface area (Å²) in [7, 11) is -1.62. The number of ether oxygens (including phenoxy) is 2. The summed E-state index contributed by atoms with van der Waals surface area (Å²) in [6.07, 6.45) is 1.54. The SMILES string of the molecule is COC(=O)COc1ccc(NC2CCCS(=O)(=O)C2)cc1. The van der Waals surface area contributed by atoms with Crippen molar-refractivity contribution < 1.29 is 22.7 Å².